The molecule has 26 heavy (non-hydrogen) atoms. The van der Waals surface area contributed by atoms with Crippen LogP contribution in [-0.4, -0.2) is 33.9 Å². The molecule has 1 aliphatic rings. The molecule has 0 unspecified atom stereocenters. The van der Waals surface area contributed by atoms with Crippen LogP contribution in [0.2, 0.25) is 0 Å². The standard InChI is InChI=1S/C18H20N2O5S/c1-3-13-6-4-5-7-15(13)19-18(21)11-20(26(2,22)23)14-8-9-16-17(10-14)25-12-24-16/h4-10H,3,11-12H2,1-2H3,(H,19,21). The molecule has 1 heterocycles. The van der Waals surface area contributed by atoms with Gasteiger partial charge in [-0.25, -0.2) is 8.42 Å². The minimum absolute atomic E-state index is 0.0892. The van der Waals surface area contributed by atoms with E-state index < -0.39 is 15.9 Å². The lowest BCUT2D eigenvalue weighted by molar-refractivity contribution is -0.114. The van der Waals surface area contributed by atoms with Crippen LogP contribution in [0.1, 0.15) is 12.5 Å². The Morgan fingerprint density at radius 1 is 1.15 bits per heavy atom. The van der Waals surface area contributed by atoms with Crippen molar-refractivity contribution in [3.8, 4) is 11.5 Å². The van der Waals surface area contributed by atoms with Crippen LogP contribution >= 0.6 is 0 Å². The summed E-state index contributed by atoms with van der Waals surface area (Å²) in [4.78, 5) is 12.5. The number of rotatable bonds is 6. The maximum Gasteiger partial charge on any atom is 0.245 e. The molecule has 138 valence electrons. The molecule has 0 saturated heterocycles. The zero-order chi connectivity index (χ0) is 18.7. The molecule has 0 radical (unpaired) electrons. The van der Waals surface area contributed by atoms with Gasteiger partial charge in [0.25, 0.3) is 0 Å². The SMILES string of the molecule is CCc1ccccc1NC(=O)CN(c1ccc2c(c1)OCO2)S(C)(=O)=O. The molecule has 3 rings (SSSR count). The fraction of sp³-hybridized carbons (Fsp3) is 0.278. The number of fused-ring (bicyclic) bond motifs is 1. The number of aryl methyl sites for hydroxylation is 1. The van der Waals surface area contributed by atoms with E-state index in [0.29, 0.717) is 22.9 Å². The van der Waals surface area contributed by atoms with Crippen molar-refractivity contribution in [3.05, 3.63) is 48.0 Å². The van der Waals surface area contributed by atoms with E-state index in [1.807, 2.05) is 25.1 Å². The highest BCUT2D eigenvalue weighted by Gasteiger charge is 2.24. The summed E-state index contributed by atoms with van der Waals surface area (Å²) in [7, 11) is -3.66. The first-order valence-electron chi connectivity index (χ1n) is 8.13. The molecule has 1 amide bonds. The molecule has 0 spiro atoms. The molecule has 0 saturated carbocycles. The van der Waals surface area contributed by atoms with Gasteiger partial charge in [-0.05, 0) is 30.2 Å². The fourth-order valence-electron chi connectivity index (χ4n) is 2.71. The maximum atomic E-state index is 12.5. The van der Waals surface area contributed by atoms with Crippen LogP contribution < -0.4 is 19.1 Å². The predicted molar refractivity (Wildman–Crippen MR) is 99.2 cm³/mol. The number of amides is 1. The first-order chi connectivity index (χ1) is 12.4. The average Bonchev–Trinajstić information content (AvgIpc) is 3.07. The van der Waals surface area contributed by atoms with Crippen LogP contribution in [-0.2, 0) is 21.2 Å². The summed E-state index contributed by atoms with van der Waals surface area (Å²) in [6, 6.07) is 12.2. The van der Waals surface area contributed by atoms with Crippen LogP contribution in [0, 0.1) is 0 Å². The van der Waals surface area contributed by atoms with Crippen molar-refractivity contribution in [1.82, 2.24) is 0 Å². The fourth-order valence-corrected chi connectivity index (χ4v) is 3.56. The second-order valence-electron chi connectivity index (χ2n) is 5.87. The number of hydrogen-bond donors (Lipinski definition) is 1. The summed E-state index contributed by atoms with van der Waals surface area (Å²) in [5.74, 6) is 0.574. The average molecular weight is 376 g/mol. The third-order valence-corrected chi connectivity index (χ3v) is 5.14. The van der Waals surface area contributed by atoms with Gasteiger partial charge in [-0.1, -0.05) is 25.1 Å². The highest BCUT2D eigenvalue weighted by Crippen LogP contribution is 2.36. The van der Waals surface area contributed by atoms with E-state index in [0.717, 1.165) is 22.5 Å². The van der Waals surface area contributed by atoms with Crippen LogP contribution in [0.5, 0.6) is 11.5 Å². The van der Waals surface area contributed by atoms with E-state index in [9.17, 15) is 13.2 Å². The molecule has 0 atom stereocenters. The molecule has 1 aliphatic heterocycles. The third kappa shape index (κ3) is 3.91. The normalized spacial score (nSPS) is 12.7. The van der Waals surface area contributed by atoms with E-state index in [-0.39, 0.29) is 13.3 Å². The van der Waals surface area contributed by atoms with Gasteiger partial charge in [0.2, 0.25) is 22.7 Å². The summed E-state index contributed by atoms with van der Waals surface area (Å²) in [5.41, 5.74) is 2.00. The first kappa shape index (κ1) is 18.1. The van der Waals surface area contributed by atoms with E-state index in [4.69, 9.17) is 9.47 Å². The van der Waals surface area contributed by atoms with Gasteiger partial charge in [-0.2, -0.15) is 0 Å². The van der Waals surface area contributed by atoms with Gasteiger partial charge >= 0.3 is 0 Å². The van der Waals surface area contributed by atoms with E-state index in [1.54, 1.807) is 24.3 Å². The molecule has 0 bridgehead atoms. The van der Waals surface area contributed by atoms with Crippen molar-refractivity contribution in [2.75, 3.05) is 29.2 Å². The van der Waals surface area contributed by atoms with Gasteiger partial charge < -0.3 is 14.8 Å². The Labute approximate surface area is 152 Å². The first-order valence-corrected chi connectivity index (χ1v) is 9.98. The van der Waals surface area contributed by atoms with Crippen molar-refractivity contribution in [2.24, 2.45) is 0 Å². The predicted octanol–water partition coefficient (Wildman–Crippen LogP) is 2.38. The minimum Gasteiger partial charge on any atom is -0.454 e. The van der Waals surface area contributed by atoms with Crippen molar-refractivity contribution in [3.63, 3.8) is 0 Å². The lowest BCUT2D eigenvalue weighted by atomic mass is 10.1. The molecule has 8 heteroatoms. The second-order valence-corrected chi connectivity index (χ2v) is 7.77. The van der Waals surface area contributed by atoms with Gasteiger partial charge in [0, 0.05) is 11.8 Å². The van der Waals surface area contributed by atoms with Gasteiger partial charge in [0.1, 0.15) is 6.54 Å². The lowest BCUT2D eigenvalue weighted by Gasteiger charge is -2.22. The van der Waals surface area contributed by atoms with Crippen LogP contribution in [0.4, 0.5) is 11.4 Å². The number of nitrogens with zero attached hydrogens (tertiary/aromatic N) is 1. The van der Waals surface area contributed by atoms with Gasteiger partial charge in [-0.15, -0.1) is 0 Å². The van der Waals surface area contributed by atoms with Gasteiger partial charge in [0.15, 0.2) is 11.5 Å². The number of hydrogen-bond acceptors (Lipinski definition) is 5. The molecule has 2 aromatic rings. The Bertz CT molecular complexity index is 927. The Morgan fingerprint density at radius 2 is 1.88 bits per heavy atom. The number of benzene rings is 2. The number of anilines is 2. The molecule has 2 aromatic carbocycles. The van der Waals surface area contributed by atoms with Gasteiger partial charge in [-0.3, -0.25) is 9.10 Å². The summed E-state index contributed by atoms with van der Waals surface area (Å²) < 4.78 is 36.0. The molecule has 0 fully saturated rings. The molecular weight excluding hydrogens is 356 g/mol. The molecule has 0 aromatic heterocycles. The quantitative estimate of drug-likeness (QED) is 0.837. The highest BCUT2D eigenvalue weighted by atomic mass is 32.2. The maximum absolute atomic E-state index is 12.5. The van der Waals surface area contributed by atoms with E-state index in [1.165, 1.54) is 0 Å². The number of ether oxygens (including phenoxy) is 2. The molecule has 7 nitrogen and oxygen atoms in total. The zero-order valence-corrected chi connectivity index (χ0v) is 15.4. The Hall–Kier alpha value is -2.74. The van der Waals surface area contributed by atoms with Crippen molar-refractivity contribution >= 4 is 27.3 Å². The van der Waals surface area contributed by atoms with Crippen LogP contribution in [0.25, 0.3) is 0 Å². The van der Waals surface area contributed by atoms with Gasteiger partial charge in [0.05, 0.1) is 11.9 Å². The van der Waals surface area contributed by atoms with Crippen LogP contribution in [0.3, 0.4) is 0 Å². The van der Waals surface area contributed by atoms with Crippen molar-refractivity contribution in [1.29, 1.82) is 0 Å². The number of para-hydroxylation sites is 1. The van der Waals surface area contributed by atoms with Crippen molar-refractivity contribution < 1.29 is 22.7 Å². The zero-order valence-electron chi connectivity index (χ0n) is 14.6. The highest BCUT2D eigenvalue weighted by molar-refractivity contribution is 7.92. The Balaban J connectivity index is 1.82. The largest absolute Gasteiger partial charge is 0.454 e. The molecular formula is C18H20N2O5S. The number of carbonyl (C=O) groups is 1. The Morgan fingerprint density at radius 3 is 2.62 bits per heavy atom. The van der Waals surface area contributed by atoms with E-state index >= 15 is 0 Å². The van der Waals surface area contributed by atoms with Crippen LogP contribution in [0.15, 0.2) is 42.5 Å². The third-order valence-electron chi connectivity index (χ3n) is 4.00. The van der Waals surface area contributed by atoms with Crippen molar-refractivity contribution in [2.45, 2.75) is 13.3 Å². The smallest absolute Gasteiger partial charge is 0.245 e. The summed E-state index contributed by atoms with van der Waals surface area (Å²) in [5, 5.41) is 2.79. The number of sulfonamides is 1. The Kier molecular flexibility index (Phi) is 5.03. The second kappa shape index (κ2) is 7.25. The molecule has 1 N–H and O–H groups in total. The number of carbonyl (C=O) groups excluding carboxylic acids is 1. The minimum atomic E-state index is -3.66. The molecule has 0 aliphatic carbocycles. The topological polar surface area (TPSA) is 84.9 Å². The van der Waals surface area contributed by atoms with E-state index in [2.05, 4.69) is 5.32 Å². The number of nitrogens with one attached hydrogen (secondary N) is 1. The lowest BCUT2D eigenvalue weighted by Crippen LogP contribution is -2.37. The summed E-state index contributed by atoms with van der Waals surface area (Å²) in [6.07, 6.45) is 1.82. The summed E-state index contributed by atoms with van der Waals surface area (Å²) in [6.45, 7) is 1.74. The summed E-state index contributed by atoms with van der Waals surface area (Å²) >= 11 is 0. The monoisotopic (exact) mass is 376 g/mol.